The van der Waals surface area contributed by atoms with Crippen LogP contribution in [-0.4, -0.2) is 38.1 Å². The van der Waals surface area contributed by atoms with Gasteiger partial charge in [-0.2, -0.15) is 0 Å². The first-order chi connectivity index (χ1) is 13.5. The number of rotatable bonds is 7. The minimum Gasteiger partial charge on any atom is -0.497 e. The maximum Gasteiger partial charge on any atom is 0.189 e. The maximum absolute atomic E-state index is 5.31. The summed E-state index contributed by atoms with van der Waals surface area (Å²) < 4.78 is 15.7. The normalized spacial score (nSPS) is 9.82. The van der Waals surface area contributed by atoms with Crippen LogP contribution in [-0.2, 0) is 6.42 Å². The van der Waals surface area contributed by atoms with E-state index in [1.165, 1.54) is 0 Å². The molecule has 28 heavy (non-hydrogen) atoms. The zero-order valence-corrected chi connectivity index (χ0v) is 17.6. The molecule has 0 saturated heterocycles. The number of methoxy groups -OCH3 is 3. The molecule has 0 aromatic heterocycles. The van der Waals surface area contributed by atoms with Gasteiger partial charge < -0.3 is 24.8 Å². The van der Waals surface area contributed by atoms with Crippen LogP contribution in [0.25, 0.3) is 0 Å². The molecule has 0 bridgehead atoms. The number of thiocarbonyl (C=S) groups is 2. The highest BCUT2D eigenvalue weighted by Crippen LogP contribution is 2.27. The lowest BCUT2D eigenvalue weighted by Gasteiger charge is -2.15. The molecule has 0 amide bonds. The summed E-state index contributed by atoms with van der Waals surface area (Å²) in [6, 6.07) is 13.3. The monoisotopic (exact) mass is 420 g/mol. The standard InChI is InChI=1S/C19H24N4O3S2/c1-24-15-6-4-5-14(12-15)21-19(28)23-22-18(27)20-10-9-13-7-8-16(25-2)17(11-13)26-3/h4-8,11-12H,9-10H2,1-3H3,(H2,20,22,27)(H2,21,23,28). The van der Waals surface area contributed by atoms with Crippen molar-refractivity contribution in [2.75, 3.05) is 33.2 Å². The van der Waals surface area contributed by atoms with Crippen molar-refractivity contribution in [3.8, 4) is 17.2 Å². The first-order valence-corrected chi connectivity index (χ1v) is 9.33. The third kappa shape index (κ3) is 6.75. The number of ether oxygens (including phenoxy) is 3. The van der Waals surface area contributed by atoms with Crippen LogP contribution in [0.3, 0.4) is 0 Å². The Balaban J connectivity index is 1.71. The first-order valence-electron chi connectivity index (χ1n) is 8.51. The van der Waals surface area contributed by atoms with Crippen molar-refractivity contribution in [1.29, 1.82) is 0 Å². The lowest BCUT2D eigenvalue weighted by molar-refractivity contribution is 0.354. The summed E-state index contributed by atoms with van der Waals surface area (Å²) in [7, 11) is 4.85. The van der Waals surface area contributed by atoms with E-state index in [4.69, 9.17) is 38.6 Å². The summed E-state index contributed by atoms with van der Waals surface area (Å²) in [5.41, 5.74) is 7.61. The Morgan fingerprint density at radius 1 is 0.857 bits per heavy atom. The highest BCUT2D eigenvalue weighted by molar-refractivity contribution is 7.80. The van der Waals surface area contributed by atoms with Gasteiger partial charge in [0.25, 0.3) is 0 Å². The van der Waals surface area contributed by atoms with Gasteiger partial charge in [0.05, 0.1) is 21.3 Å². The van der Waals surface area contributed by atoms with E-state index in [2.05, 4.69) is 21.5 Å². The van der Waals surface area contributed by atoms with Crippen molar-refractivity contribution >= 4 is 40.3 Å². The molecule has 0 aliphatic heterocycles. The Labute approximate surface area is 175 Å². The third-order valence-corrected chi connectivity index (χ3v) is 4.21. The highest BCUT2D eigenvalue weighted by Gasteiger charge is 2.05. The van der Waals surface area contributed by atoms with Crippen molar-refractivity contribution in [1.82, 2.24) is 16.2 Å². The average Bonchev–Trinajstić information content (AvgIpc) is 2.72. The fraction of sp³-hybridized carbons (Fsp3) is 0.263. The second kappa shape index (κ2) is 11.2. The van der Waals surface area contributed by atoms with Gasteiger partial charge >= 0.3 is 0 Å². The molecule has 0 unspecified atom stereocenters. The number of hydrogen-bond acceptors (Lipinski definition) is 5. The second-order valence-corrected chi connectivity index (χ2v) is 6.45. The van der Waals surface area contributed by atoms with E-state index in [1.807, 2.05) is 42.5 Å². The van der Waals surface area contributed by atoms with Gasteiger partial charge in [-0.15, -0.1) is 0 Å². The highest BCUT2D eigenvalue weighted by atomic mass is 32.1. The zero-order valence-electron chi connectivity index (χ0n) is 16.0. The number of anilines is 1. The van der Waals surface area contributed by atoms with Crippen LogP contribution >= 0.6 is 24.4 Å². The Hall–Kier alpha value is -2.78. The van der Waals surface area contributed by atoms with E-state index >= 15 is 0 Å². The van der Waals surface area contributed by atoms with Crippen LogP contribution in [0.4, 0.5) is 5.69 Å². The molecule has 150 valence electrons. The zero-order chi connectivity index (χ0) is 20.4. The number of hydrogen-bond donors (Lipinski definition) is 4. The molecule has 0 aliphatic rings. The van der Waals surface area contributed by atoms with Gasteiger partial charge in [-0.25, -0.2) is 0 Å². The largest absolute Gasteiger partial charge is 0.497 e. The fourth-order valence-electron chi connectivity index (χ4n) is 2.38. The molecule has 7 nitrogen and oxygen atoms in total. The second-order valence-electron chi connectivity index (χ2n) is 5.63. The summed E-state index contributed by atoms with van der Waals surface area (Å²) in [5.74, 6) is 2.15. The van der Waals surface area contributed by atoms with Gasteiger partial charge in [0.2, 0.25) is 0 Å². The lowest BCUT2D eigenvalue weighted by atomic mass is 10.1. The average molecular weight is 421 g/mol. The maximum atomic E-state index is 5.31. The molecule has 4 N–H and O–H groups in total. The number of hydrazine groups is 1. The Kier molecular flexibility index (Phi) is 8.57. The van der Waals surface area contributed by atoms with Crippen LogP contribution in [0.15, 0.2) is 42.5 Å². The molecule has 0 fully saturated rings. The van der Waals surface area contributed by atoms with Crippen molar-refractivity contribution in [2.24, 2.45) is 0 Å². The van der Waals surface area contributed by atoms with Crippen LogP contribution < -0.4 is 35.7 Å². The summed E-state index contributed by atoms with van der Waals surface area (Å²) in [6.45, 7) is 0.652. The minimum atomic E-state index is 0.386. The molecule has 9 heteroatoms. The van der Waals surface area contributed by atoms with Crippen molar-refractivity contribution in [2.45, 2.75) is 6.42 Å². The molecule has 0 saturated carbocycles. The predicted octanol–water partition coefficient (Wildman–Crippen LogP) is 2.62. The van der Waals surface area contributed by atoms with Crippen molar-refractivity contribution in [3.05, 3.63) is 48.0 Å². The smallest absolute Gasteiger partial charge is 0.189 e. The van der Waals surface area contributed by atoms with Crippen LogP contribution in [0.5, 0.6) is 17.2 Å². The Bertz CT molecular complexity index is 818. The van der Waals surface area contributed by atoms with Crippen molar-refractivity contribution < 1.29 is 14.2 Å². The molecule has 0 heterocycles. The molecule has 0 radical (unpaired) electrons. The Morgan fingerprint density at radius 3 is 2.32 bits per heavy atom. The van der Waals surface area contributed by atoms with Crippen LogP contribution in [0.1, 0.15) is 5.56 Å². The summed E-state index contributed by atoms with van der Waals surface area (Å²) >= 11 is 10.5. The SMILES string of the molecule is COc1cccc(NC(=S)NNC(=S)NCCc2ccc(OC)c(OC)c2)c1. The van der Waals surface area contributed by atoms with Gasteiger partial charge in [0.15, 0.2) is 21.7 Å². The Morgan fingerprint density at radius 2 is 1.61 bits per heavy atom. The van der Waals surface area contributed by atoms with E-state index in [0.717, 1.165) is 23.4 Å². The lowest BCUT2D eigenvalue weighted by Crippen LogP contribution is -2.48. The molecule has 0 spiro atoms. The molecule has 2 aromatic carbocycles. The van der Waals surface area contributed by atoms with E-state index in [1.54, 1.807) is 21.3 Å². The van der Waals surface area contributed by atoms with E-state index in [-0.39, 0.29) is 0 Å². The first kappa shape index (κ1) is 21.5. The fourth-order valence-corrected chi connectivity index (χ4v) is 2.70. The van der Waals surface area contributed by atoms with Gasteiger partial charge in [0, 0.05) is 18.3 Å². The molecular weight excluding hydrogens is 396 g/mol. The quantitative estimate of drug-likeness (QED) is 0.399. The van der Waals surface area contributed by atoms with Crippen molar-refractivity contribution in [3.63, 3.8) is 0 Å². The molecule has 2 rings (SSSR count). The van der Waals surface area contributed by atoms with Crippen LogP contribution in [0, 0.1) is 0 Å². The third-order valence-electron chi connectivity index (χ3n) is 3.76. The van der Waals surface area contributed by atoms with Gasteiger partial charge in [-0.05, 0) is 60.7 Å². The topological polar surface area (TPSA) is 75.8 Å². The van der Waals surface area contributed by atoms with Gasteiger partial charge in [-0.3, -0.25) is 10.9 Å². The molecule has 0 aliphatic carbocycles. The summed E-state index contributed by atoms with van der Waals surface area (Å²) in [4.78, 5) is 0. The molecule has 0 atom stereocenters. The predicted molar refractivity (Wildman–Crippen MR) is 119 cm³/mol. The number of benzene rings is 2. The van der Waals surface area contributed by atoms with E-state index < -0.39 is 0 Å². The molecule has 2 aromatic rings. The van der Waals surface area contributed by atoms with E-state index in [0.29, 0.717) is 28.3 Å². The summed E-state index contributed by atoms with van der Waals surface area (Å²) in [5, 5.41) is 6.98. The summed E-state index contributed by atoms with van der Waals surface area (Å²) in [6.07, 6.45) is 0.773. The van der Waals surface area contributed by atoms with Crippen LogP contribution in [0.2, 0.25) is 0 Å². The number of nitrogens with one attached hydrogen (secondary N) is 4. The minimum absolute atomic E-state index is 0.386. The molecular formula is C19H24N4O3S2. The van der Waals surface area contributed by atoms with Gasteiger partial charge in [0.1, 0.15) is 5.75 Å². The van der Waals surface area contributed by atoms with Gasteiger partial charge in [-0.1, -0.05) is 12.1 Å². The van der Waals surface area contributed by atoms with E-state index in [9.17, 15) is 0 Å².